The summed E-state index contributed by atoms with van der Waals surface area (Å²) in [6.45, 7) is 2.69. The molecular formula is C12H23NO2. The second kappa shape index (κ2) is 6.11. The van der Waals surface area contributed by atoms with Crippen LogP contribution >= 0.6 is 0 Å². The largest absolute Gasteiger partial charge is 0.481 e. The van der Waals surface area contributed by atoms with Crippen molar-refractivity contribution in [3.05, 3.63) is 0 Å². The van der Waals surface area contributed by atoms with Crippen molar-refractivity contribution in [1.29, 1.82) is 0 Å². The standard InChI is InChI=1S/C12H23NO2/c1-2-9-4-3-5-10(8-9)11(6-7-13)12(14)15/h9-11H,2-8,13H2,1H3,(H,14,15). The van der Waals surface area contributed by atoms with Crippen molar-refractivity contribution in [2.75, 3.05) is 6.54 Å². The summed E-state index contributed by atoms with van der Waals surface area (Å²) >= 11 is 0. The van der Waals surface area contributed by atoms with Crippen LogP contribution in [0.25, 0.3) is 0 Å². The van der Waals surface area contributed by atoms with Crippen LogP contribution in [-0.4, -0.2) is 17.6 Å². The van der Waals surface area contributed by atoms with E-state index in [9.17, 15) is 4.79 Å². The predicted molar refractivity (Wildman–Crippen MR) is 60.5 cm³/mol. The Hall–Kier alpha value is -0.570. The molecule has 1 rings (SSSR count). The Labute approximate surface area is 92.0 Å². The molecule has 3 atom stereocenters. The van der Waals surface area contributed by atoms with Gasteiger partial charge in [0.25, 0.3) is 0 Å². The molecule has 88 valence electrons. The predicted octanol–water partition coefficient (Wildman–Crippen LogP) is 2.25. The lowest BCUT2D eigenvalue weighted by Gasteiger charge is -2.32. The molecule has 1 saturated carbocycles. The molecule has 0 amide bonds. The van der Waals surface area contributed by atoms with Crippen LogP contribution in [0.15, 0.2) is 0 Å². The Bertz CT molecular complexity index is 206. The Kier molecular flexibility index (Phi) is 5.09. The topological polar surface area (TPSA) is 63.3 Å². The fourth-order valence-corrected chi connectivity index (χ4v) is 2.81. The SMILES string of the molecule is CCC1CCCC(C(CCN)C(=O)O)C1. The van der Waals surface area contributed by atoms with Crippen molar-refractivity contribution in [3.8, 4) is 0 Å². The van der Waals surface area contributed by atoms with Crippen molar-refractivity contribution >= 4 is 5.97 Å². The zero-order chi connectivity index (χ0) is 11.3. The number of hydrogen-bond acceptors (Lipinski definition) is 2. The van der Waals surface area contributed by atoms with Crippen molar-refractivity contribution in [3.63, 3.8) is 0 Å². The van der Waals surface area contributed by atoms with E-state index in [1.54, 1.807) is 0 Å². The summed E-state index contributed by atoms with van der Waals surface area (Å²) in [6.07, 6.45) is 6.46. The molecule has 3 N–H and O–H groups in total. The monoisotopic (exact) mass is 213 g/mol. The lowest BCUT2D eigenvalue weighted by Crippen LogP contribution is -2.30. The summed E-state index contributed by atoms with van der Waals surface area (Å²) in [5, 5.41) is 9.16. The first kappa shape index (κ1) is 12.5. The molecule has 0 saturated heterocycles. The van der Waals surface area contributed by atoms with Gasteiger partial charge in [-0.05, 0) is 37.6 Å². The van der Waals surface area contributed by atoms with E-state index in [1.807, 2.05) is 0 Å². The fraction of sp³-hybridized carbons (Fsp3) is 0.917. The van der Waals surface area contributed by atoms with E-state index < -0.39 is 5.97 Å². The summed E-state index contributed by atoms with van der Waals surface area (Å²) in [5.74, 6) is 0.250. The minimum atomic E-state index is -0.651. The van der Waals surface area contributed by atoms with Gasteiger partial charge >= 0.3 is 5.97 Å². The van der Waals surface area contributed by atoms with Gasteiger partial charge < -0.3 is 10.8 Å². The lowest BCUT2D eigenvalue weighted by molar-refractivity contribution is -0.144. The normalized spacial score (nSPS) is 28.7. The van der Waals surface area contributed by atoms with Crippen LogP contribution in [0, 0.1) is 17.8 Å². The van der Waals surface area contributed by atoms with E-state index in [0.717, 1.165) is 18.8 Å². The van der Waals surface area contributed by atoms with Gasteiger partial charge in [-0.3, -0.25) is 4.79 Å². The van der Waals surface area contributed by atoms with Crippen molar-refractivity contribution < 1.29 is 9.90 Å². The molecule has 0 spiro atoms. The summed E-state index contributed by atoms with van der Waals surface area (Å²) in [4.78, 5) is 11.1. The van der Waals surface area contributed by atoms with Crippen LogP contribution < -0.4 is 5.73 Å². The summed E-state index contributed by atoms with van der Waals surface area (Å²) in [7, 11) is 0. The Morgan fingerprint density at radius 3 is 2.80 bits per heavy atom. The maximum Gasteiger partial charge on any atom is 0.306 e. The van der Waals surface area contributed by atoms with E-state index in [1.165, 1.54) is 19.3 Å². The lowest BCUT2D eigenvalue weighted by atomic mass is 9.73. The van der Waals surface area contributed by atoms with Gasteiger partial charge in [0.05, 0.1) is 5.92 Å². The number of carbonyl (C=O) groups is 1. The highest BCUT2D eigenvalue weighted by Gasteiger charge is 2.31. The van der Waals surface area contributed by atoms with Crippen LogP contribution in [0.4, 0.5) is 0 Å². The van der Waals surface area contributed by atoms with E-state index in [4.69, 9.17) is 10.8 Å². The first-order chi connectivity index (χ1) is 7.19. The third-order valence-electron chi connectivity index (χ3n) is 3.76. The highest BCUT2D eigenvalue weighted by atomic mass is 16.4. The van der Waals surface area contributed by atoms with Crippen LogP contribution in [-0.2, 0) is 4.79 Å². The molecular weight excluding hydrogens is 190 g/mol. The molecule has 0 aliphatic heterocycles. The van der Waals surface area contributed by atoms with Gasteiger partial charge in [-0.15, -0.1) is 0 Å². The minimum absolute atomic E-state index is 0.204. The maximum absolute atomic E-state index is 11.1. The van der Waals surface area contributed by atoms with Gasteiger partial charge in [-0.25, -0.2) is 0 Å². The van der Waals surface area contributed by atoms with E-state index in [0.29, 0.717) is 18.9 Å². The molecule has 3 nitrogen and oxygen atoms in total. The van der Waals surface area contributed by atoms with Crippen molar-refractivity contribution in [2.45, 2.75) is 45.4 Å². The molecule has 3 unspecified atom stereocenters. The molecule has 0 aromatic carbocycles. The van der Waals surface area contributed by atoms with Gasteiger partial charge in [-0.1, -0.05) is 26.2 Å². The van der Waals surface area contributed by atoms with E-state index in [-0.39, 0.29) is 5.92 Å². The number of carboxylic acids is 1. The number of aliphatic carboxylic acids is 1. The van der Waals surface area contributed by atoms with Crippen LogP contribution in [0.1, 0.15) is 45.4 Å². The summed E-state index contributed by atoms with van der Waals surface area (Å²) in [5.41, 5.74) is 5.48. The molecule has 1 aliphatic rings. The number of rotatable bonds is 5. The number of hydrogen-bond donors (Lipinski definition) is 2. The zero-order valence-electron chi connectivity index (χ0n) is 9.61. The van der Waals surface area contributed by atoms with Crippen LogP contribution in [0.2, 0.25) is 0 Å². The van der Waals surface area contributed by atoms with E-state index >= 15 is 0 Å². The first-order valence-corrected chi connectivity index (χ1v) is 6.11. The van der Waals surface area contributed by atoms with Gasteiger partial charge in [0.1, 0.15) is 0 Å². The van der Waals surface area contributed by atoms with Gasteiger partial charge in [0, 0.05) is 0 Å². The summed E-state index contributed by atoms with van der Waals surface area (Å²) in [6, 6.07) is 0. The smallest absolute Gasteiger partial charge is 0.306 e. The molecule has 0 radical (unpaired) electrons. The highest BCUT2D eigenvalue weighted by Crippen LogP contribution is 2.36. The zero-order valence-corrected chi connectivity index (χ0v) is 9.61. The molecule has 0 heterocycles. The van der Waals surface area contributed by atoms with Crippen LogP contribution in [0.3, 0.4) is 0 Å². The van der Waals surface area contributed by atoms with Crippen molar-refractivity contribution in [1.82, 2.24) is 0 Å². The van der Waals surface area contributed by atoms with Gasteiger partial charge in [0.15, 0.2) is 0 Å². The first-order valence-electron chi connectivity index (χ1n) is 6.11. The molecule has 1 aliphatic carbocycles. The third kappa shape index (κ3) is 3.49. The quantitative estimate of drug-likeness (QED) is 0.736. The highest BCUT2D eigenvalue weighted by molar-refractivity contribution is 5.70. The summed E-state index contributed by atoms with van der Waals surface area (Å²) < 4.78 is 0. The Morgan fingerprint density at radius 1 is 1.53 bits per heavy atom. The molecule has 15 heavy (non-hydrogen) atoms. The molecule has 1 fully saturated rings. The molecule has 0 aromatic heterocycles. The minimum Gasteiger partial charge on any atom is -0.481 e. The van der Waals surface area contributed by atoms with Crippen LogP contribution in [0.5, 0.6) is 0 Å². The number of nitrogens with two attached hydrogens (primary N) is 1. The Balaban J connectivity index is 2.54. The van der Waals surface area contributed by atoms with Gasteiger partial charge in [0.2, 0.25) is 0 Å². The Morgan fingerprint density at radius 2 is 2.27 bits per heavy atom. The average molecular weight is 213 g/mol. The maximum atomic E-state index is 11.1. The fourth-order valence-electron chi connectivity index (χ4n) is 2.81. The molecule has 0 bridgehead atoms. The number of carboxylic acid groups (broad SMARTS) is 1. The molecule has 0 aromatic rings. The average Bonchev–Trinajstić information content (AvgIpc) is 2.25. The van der Waals surface area contributed by atoms with Gasteiger partial charge in [-0.2, -0.15) is 0 Å². The third-order valence-corrected chi connectivity index (χ3v) is 3.76. The van der Waals surface area contributed by atoms with Crippen molar-refractivity contribution in [2.24, 2.45) is 23.5 Å². The second-order valence-electron chi connectivity index (χ2n) is 4.72. The second-order valence-corrected chi connectivity index (χ2v) is 4.72. The molecule has 3 heteroatoms. The van der Waals surface area contributed by atoms with E-state index in [2.05, 4.69) is 6.92 Å².